The summed E-state index contributed by atoms with van der Waals surface area (Å²) in [5, 5.41) is 2.48. The molecule has 1 aromatic heterocycles. The van der Waals surface area contributed by atoms with Gasteiger partial charge in [-0.05, 0) is 38.8 Å². The molecule has 0 atom stereocenters. The molecule has 25 heavy (non-hydrogen) atoms. The second-order valence-electron chi connectivity index (χ2n) is 6.78. The van der Waals surface area contributed by atoms with Crippen LogP contribution in [0.3, 0.4) is 0 Å². The molecule has 0 aliphatic rings. The van der Waals surface area contributed by atoms with Gasteiger partial charge in [0, 0.05) is 4.91 Å². The van der Waals surface area contributed by atoms with Crippen molar-refractivity contribution in [3.8, 4) is 0 Å². The van der Waals surface area contributed by atoms with Crippen molar-refractivity contribution in [2.75, 3.05) is 0 Å². The lowest BCUT2D eigenvalue weighted by atomic mass is 10.2. The molecule has 1 heterocycles. The van der Waals surface area contributed by atoms with Crippen molar-refractivity contribution in [3.63, 3.8) is 0 Å². The van der Waals surface area contributed by atoms with Crippen LogP contribution in [-0.4, -0.2) is 23.0 Å². The zero-order chi connectivity index (χ0) is 18.6. The van der Waals surface area contributed by atoms with Crippen molar-refractivity contribution in [2.24, 2.45) is 10.9 Å². The maximum Gasteiger partial charge on any atom is 0.412 e. The Hall–Kier alpha value is -2.28. The number of allylic oxidation sites excluding steroid dienone is 1. The van der Waals surface area contributed by atoms with E-state index in [1.165, 1.54) is 6.34 Å². The number of benzene rings is 1. The zero-order valence-corrected chi connectivity index (χ0v) is 15.9. The Kier molecular flexibility index (Phi) is 5.89. The third kappa shape index (κ3) is 5.35. The van der Waals surface area contributed by atoms with E-state index in [-0.39, 0.29) is 5.92 Å². The number of para-hydroxylation sites is 2. The lowest BCUT2D eigenvalue weighted by molar-refractivity contribution is 0.0565. The molecule has 1 N–H and O–H groups in total. The maximum absolute atomic E-state index is 11.7. The molecule has 1 amide bonds. The van der Waals surface area contributed by atoms with Crippen molar-refractivity contribution in [1.82, 2.24) is 10.3 Å². The summed E-state index contributed by atoms with van der Waals surface area (Å²) in [5.74, 6) is 0.467. The van der Waals surface area contributed by atoms with Crippen LogP contribution in [0.25, 0.3) is 16.8 Å². The number of ether oxygens (including phenoxy) is 1. The van der Waals surface area contributed by atoms with E-state index in [0.717, 1.165) is 5.52 Å². The summed E-state index contributed by atoms with van der Waals surface area (Å²) >= 11 is 4.53. The number of thiol groups is 1. The third-order valence-electron chi connectivity index (χ3n) is 3.06. The first-order valence-corrected chi connectivity index (χ1v) is 8.43. The Morgan fingerprint density at radius 2 is 2.04 bits per heavy atom. The first-order chi connectivity index (χ1) is 11.7. The lowest BCUT2D eigenvalue weighted by Gasteiger charge is -2.18. The Bertz CT molecular complexity index is 783. The number of fused-ring (bicyclic) bond motifs is 1. The van der Waals surface area contributed by atoms with Gasteiger partial charge in [0.15, 0.2) is 5.58 Å². The van der Waals surface area contributed by atoms with Gasteiger partial charge in [-0.3, -0.25) is 5.32 Å². The molecular weight excluding hydrogens is 338 g/mol. The Labute approximate surface area is 152 Å². The van der Waals surface area contributed by atoms with Crippen LogP contribution >= 0.6 is 12.6 Å². The van der Waals surface area contributed by atoms with Gasteiger partial charge in [0.2, 0.25) is 5.89 Å². The van der Waals surface area contributed by atoms with E-state index < -0.39 is 11.7 Å². The summed E-state index contributed by atoms with van der Waals surface area (Å²) in [5.41, 5.74) is 1.28. The number of amides is 1. The molecule has 0 saturated heterocycles. The summed E-state index contributed by atoms with van der Waals surface area (Å²) in [6, 6.07) is 7.45. The SMILES string of the molecule is CC(C)/C(S)=C(/N=CNC(=O)OC(C)(C)C)c1nc2ccccc2o1. The summed E-state index contributed by atoms with van der Waals surface area (Å²) < 4.78 is 10.9. The van der Waals surface area contributed by atoms with E-state index in [1.807, 2.05) is 38.1 Å². The lowest BCUT2D eigenvalue weighted by Crippen LogP contribution is -2.31. The molecule has 134 valence electrons. The van der Waals surface area contributed by atoms with Crippen molar-refractivity contribution in [2.45, 2.75) is 40.2 Å². The first kappa shape index (κ1) is 19.1. The molecule has 0 unspecified atom stereocenters. The molecular formula is C18H23N3O3S. The quantitative estimate of drug-likeness (QED) is 0.473. The number of carbonyl (C=O) groups is 1. The van der Waals surface area contributed by atoms with Crippen LogP contribution in [0.15, 0.2) is 38.6 Å². The topological polar surface area (TPSA) is 76.7 Å². The van der Waals surface area contributed by atoms with E-state index in [9.17, 15) is 4.79 Å². The fraction of sp³-hybridized carbons (Fsp3) is 0.389. The van der Waals surface area contributed by atoms with Crippen molar-refractivity contribution in [1.29, 1.82) is 0 Å². The fourth-order valence-electron chi connectivity index (χ4n) is 1.93. The van der Waals surface area contributed by atoms with Gasteiger partial charge >= 0.3 is 6.09 Å². The smallest absolute Gasteiger partial charge is 0.412 e. The van der Waals surface area contributed by atoms with Gasteiger partial charge in [-0.25, -0.2) is 14.8 Å². The van der Waals surface area contributed by atoms with E-state index in [1.54, 1.807) is 20.8 Å². The molecule has 0 aliphatic heterocycles. The summed E-state index contributed by atoms with van der Waals surface area (Å²) in [4.78, 5) is 21.2. The van der Waals surface area contributed by atoms with Crippen molar-refractivity contribution in [3.05, 3.63) is 35.1 Å². The molecule has 1 aromatic carbocycles. The highest BCUT2D eigenvalue weighted by molar-refractivity contribution is 7.84. The molecule has 2 rings (SSSR count). The molecule has 0 aliphatic carbocycles. The monoisotopic (exact) mass is 361 g/mol. The van der Waals surface area contributed by atoms with E-state index >= 15 is 0 Å². The van der Waals surface area contributed by atoms with Crippen molar-refractivity contribution >= 4 is 41.9 Å². The fourth-order valence-corrected chi connectivity index (χ4v) is 2.09. The molecule has 0 radical (unpaired) electrons. The van der Waals surface area contributed by atoms with E-state index in [2.05, 4.69) is 27.9 Å². The van der Waals surface area contributed by atoms with Gasteiger partial charge in [-0.15, -0.1) is 12.6 Å². The van der Waals surface area contributed by atoms with Gasteiger partial charge in [0.1, 0.15) is 16.8 Å². The number of nitrogens with one attached hydrogen (secondary N) is 1. The second kappa shape index (κ2) is 7.74. The number of hydrogen-bond donors (Lipinski definition) is 2. The van der Waals surface area contributed by atoms with Crippen LogP contribution in [0, 0.1) is 5.92 Å². The number of nitrogens with zero attached hydrogens (tertiary/aromatic N) is 2. The standard InChI is InChI=1S/C18H23N3O3S/c1-11(2)15(25)14(19-10-20-17(22)24-18(3,4)5)16-21-12-8-6-7-9-13(12)23-16/h6-11,25H,1-5H3,(H,19,20,22)/b15-14-. The van der Waals surface area contributed by atoms with Gasteiger partial charge in [0.05, 0.1) is 6.34 Å². The second-order valence-corrected chi connectivity index (χ2v) is 7.26. The van der Waals surface area contributed by atoms with Gasteiger partial charge in [-0.1, -0.05) is 26.0 Å². The minimum atomic E-state index is -0.585. The predicted octanol–water partition coefficient (Wildman–Crippen LogP) is 4.64. The van der Waals surface area contributed by atoms with Crippen LogP contribution < -0.4 is 5.32 Å². The maximum atomic E-state index is 11.7. The highest BCUT2D eigenvalue weighted by Gasteiger charge is 2.17. The van der Waals surface area contributed by atoms with Crippen LogP contribution in [0.2, 0.25) is 0 Å². The Balaban J connectivity index is 2.27. The number of aromatic nitrogens is 1. The zero-order valence-electron chi connectivity index (χ0n) is 15.0. The molecule has 0 saturated carbocycles. The average molecular weight is 361 g/mol. The Morgan fingerprint density at radius 3 is 2.64 bits per heavy atom. The molecule has 0 fully saturated rings. The van der Waals surface area contributed by atoms with Crippen LogP contribution in [-0.2, 0) is 4.74 Å². The molecule has 7 heteroatoms. The number of alkyl carbamates (subject to hydrolysis) is 1. The van der Waals surface area contributed by atoms with Gasteiger partial charge in [-0.2, -0.15) is 0 Å². The highest BCUT2D eigenvalue weighted by atomic mass is 32.1. The first-order valence-electron chi connectivity index (χ1n) is 7.98. The number of aliphatic imine (C=N–C) groups is 1. The average Bonchev–Trinajstić information content (AvgIpc) is 2.92. The van der Waals surface area contributed by atoms with Gasteiger partial charge in [0.25, 0.3) is 0 Å². The van der Waals surface area contributed by atoms with Crippen LogP contribution in [0.4, 0.5) is 4.79 Å². The minimum absolute atomic E-state index is 0.118. The van der Waals surface area contributed by atoms with Gasteiger partial charge < -0.3 is 9.15 Å². The molecule has 2 aromatic rings. The minimum Gasteiger partial charge on any atom is -0.444 e. The largest absolute Gasteiger partial charge is 0.444 e. The summed E-state index contributed by atoms with van der Waals surface area (Å²) in [7, 11) is 0. The van der Waals surface area contributed by atoms with E-state index in [0.29, 0.717) is 22.1 Å². The number of carbonyl (C=O) groups excluding carboxylic acids is 1. The van der Waals surface area contributed by atoms with E-state index in [4.69, 9.17) is 9.15 Å². The predicted molar refractivity (Wildman–Crippen MR) is 103 cm³/mol. The van der Waals surface area contributed by atoms with Crippen molar-refractivity contribution < 1.29 is 13.9 Å². The summed E-state index contributed by atoms with van der Waals surface area (Å²) in [6.07, 6.45) is 0.676. The number of hydrogen-bond acceptors (Lipinski definition) is 6. The normalized spacial score (nSPS) is 13.4. The van der Waals surface area contributed by atoms with Crippen LogP contribution in [0.1, 0.15) is 40.5 Å². The molecule has 0 bridgehead atoms. The third-order valence-corrected chi connectivity index (χ3v) is 3.79. The molecule has 0 spiro atoms. The highest BCUT2D eigenvalue weighted by Crippen LogP contribution is 2.29. The number of rotatable bonds is 4. The number of oxazole rings is 1. The Morgan fingerprint density at radius 1 is 1.36 bits per heavy atom. The molecule has 6 nitrogen and oxygen atoms in total. The van der Waals surface area contributed by atoms with Crippen LogP contribution in [0.5, 0.6) is 0 Å². The summed E-state index contributed by atoms with van der Waals surface area (Å²) in [6.45, 7) is 9.34.